The maximum Gasteiger partial charge on any atom is 0.290 e. The van der Waals surface area contributed by atoms with Crippen LogP contribution in [0.5, 0.6) is 11.5 Å². The number of nitrogens with zero attached hydrogens (tertiary/aromatic N) is 3. The van der Waals surface area contributed by atoms with Gasteiger partial charge in [-0.3, -0.25) is 9.59 Å². The van der Waals surface area contributed by atoms with E-state index in [4.69, 9.17) is 9.47 Å². The minimum Gasteiger partial charge on any atom is -0.497 e. The van der Waals surface area contributed by atoms with Crippen molar-refractivity contribution < 1.29 is 14.3 Å². The van der Waals surface area contributed by atoms with Gasteiger partial charge in [0, 0.05) is 5.56 Å². The lowest BCUT2D eigenvalue weighted by Gasteiger charge is -2.09. The summed E-state index contributed by atoms with van der Waals surface area (Å²) in [6.45, 7) is 2.01. The van der Waals surface area contributed by atoms with Crippen LogP contribution in [0.3, 0.4) is 0 Å². The smallest absolute Gasteiger partial charge is 0.290 e. The molecule has 0 aliphatic rings. The van der Waals surface area contributed by atoms with Crippen molar-refractivity contribution in [3.8, 4) is 22.8 Å². The average Bonchev–Trinajstić information content (AvgIpc) is 3.25. The van der Waals surface area contributed by atoms with Crippen molar-refractivity contribution in [2.24, 2.45) is 0 Å². The number of thioether (sulfide) groups is 1. The first kappa shape index (κ1) is 20.7. The number of aromatic amines is 1. The molecular formula is C22H20N4O4S. The highest BCUT2D eigenvalue weighted by molar-refractivity contribution is 7.99. The molecule has 2 aromatic heterocycles. The Bertz CT molecular complexity index is 1310. The molecule has 0 bridgehead atoms. The first-order chi connectivity index (χ1) is 15.0. The molecule has 8 nitrogen and oxygen atoms in total. The van der Waals surface area contributed by atoms with E-state index < -0.39 is 0 Å². The third kappa shape index (κ3) is 4.17. The summed E-state index contributed by atoms with van der Waals surface area (Å²) in [7, 11) is 3.05. The Hall–Kier alpha value is -3.59. The lowest BCUT2D eigenvalue weighted by Crippen LogP contribution is -2.15. The first-order valence-electron chi connectivity index (χ1n) is 9.43. The number of carbonyl (C=O) groups is 1. The SMILES string of the molecule is COc1ccc(OC)c(C(=O)CSc2n[nH]c(=O)c3cc(-c4ccc(C)cc4)nn23)c1. The normalized spacial score (nSPS) is 10.9. The third-order valence-corrected chi connectivity index (χ3v) is 5.69. The van der Waals surface area contributed by atoms with Crippen LogP contribution in [0.1, 0.15) is 15.9 Å². The van der Waals surface area contributed by atoms with Gasteiger partial charge in [0.1, 0.15) is 17.0 Å². The monoisotopic (exact) mass is 436 g/mol. The molecule has 0 amide bonds. The number of hydrogen-bond acceptors (Lipinski definition) is 7. The van der Waals surface area contributed by atoms with Gasteiger partial charge in [-0.2, -0.15) is 5.10 Å². The number of H-pyrrole nitrogens is 1. The fourth-order valence-corrected chi connectivity index (χ4v) is 3.88. The van der Waals surface area contributed by atoms with Crippen molar-refractivity contribution in [3.05, 3.63) is 70.0 Å². The number of fused-ring (bicyclic) bond motifs is 1. The molecule has 4 aromatic rings. The Kier molecular flexibility index (Phi) is 5.77. The van der Waals surface area contributed by atoms with Crippen molar-refractivity contribution in [1.29, 1.82) is 0 Å². The number of methoxy groups -OCH3 is 2. The molecule has 2 aromatic carbocycles. The van der Waals surface area contributed by atoms with E-state index in [2.05, 4.69) is 15.3 Å². The van der Waals surface area contributed by atoms with Crippen LogP contribution in [-0.2, 0) is 0 Å². The number of aromatic nitrogens is 4. The average molecular weight is 436 g/mol. The van der Waals surface area contributed by atoms with Gasteiger partial charge < -0.3 is 9.47 Å². The standard InChI is InChI=1S/C22H20N4O4S/c1-13-4-6-14(7-5-13)17-11-18-21(28)23-24-22(26(18)25-17)31-12-19(27)16-10-15(29-2)8-9-20(16)30-3/h4-11H,12H2,1-3H3,(H,23,28). The highest BCUT2D eigenvalue weighted by atomic mass is 32.2. The molecule has 0 aliphatic heterocycles. The quantitative estimate of drug-likeness (QED) is 0.350. The number of nitrogens with one attached hydrogen (secondary N) is 1. The molecule has 0 saturated carbocycles. The molecule has 0 saturated heterocycles. The van der Waals surface area contributed by atoms with E-state index in [0.29, 0.717) is 33.4 Å². The Morgan fingerprint density at radius 3 is 2.58 bits per heavy atom. The topological polar surface area (TPSA) is 98.6 Å². The second kappa shape index (κ2) is 8.65. The molecule has 0 unspecified atom stereocenters. The first-order valence-corrected chi connectivity index (χ1v) is 10.4. The van der Waals surface area contributed by atoms with Gasteiger partial charge in [0.15, 0.2) is 5.78 Å². The van der Waals surface area contributed by atoms with Crippen molar-refractivity contribution >= 4 is 23.1 Å². The highest BCUT2D eigenvalue weighted by Gasteiger charge is 2.17. The summed E-state index contributed by atoms with van der Waals surface area (Å²) in [6.07, 6.45) is 0. The molecule has 0 aliphatic carbocycles. The number of ketones is 1. The van der Waals surface area contributed by atoms with Gasteiger partial charge in [0.2, 0.25) is 5.16 Å². The molecule has 0 radical (unpaired) electrons. The third-order valence-electron chi connectivity index (χ3n) is 4.76. The van der Waals surface area contributed by atoms with Gasteiger partial charge in [-0.1, -0.05) is 41.6 Å². The number of benzene rings is 2. The van der Waals surface area contributed by atoms with Crippen LogP contribution >= 0.6 is 11.8 Å². The molecule has 1 N–H and O–H groups in total. The van der Waals surface area contributed by atoms with Gasteiger partial charge in [0.25, 0.3) is 5.56 Å². The molecule has 0 spiro atoms. The van der Waals surface area contributed by atoms with E-state index in [1.54, 1.807) is 24.3 Å². The van der Waals surface area contributed by atoms with Gasteiger partial charge in [-0.25, -0.2) is 9.61 Å². The van der Waals surface area contributed by atoms with E-state index >= 15 is 0 Å². The van der Waals surface area contributed by atoms with Crippen LogP contribution in [0.4, 0.5) is 0 Å². The molecule has 0 atom stereocenters. The Balaban J connectivity index is 1.63. The zero-order valence-electron chi connectivity index (χ0n) is 17.2. The van der Waals surface area contributed by atoms with Gasteiger partial charge in [0.05, 0.1) is 31.2 Å². The van der Waals surface area contributed by atoms with Crippen LogP contribution in [0.15, 0.2) is 58.5 Å². The van der Waals surface area contributed by atoms with Crippen LogP contribution in [0.25, 0.3) is 16.8 Å². The molecule has 31 heavy (non-hydrogen) atoms. The minimum absolute atomic E-state index is 0.0808. The predicted octanol–water partition coefficient (Wildman–Crippen LogP) is 3.39. The molecular weight excluding hydrogens is 416 g/mol. The molecule has 158 valence electrons. The largest absolute Gasteiger partial charge is 0.497 e. The van der Waals surface area contributed by atoms with E-state index in [1.165, 1.54) is 30.5 Å². The molecule has 2 heterocycles. The summed E-state index contributed by atoms with van der Waals surface area (Å²) in [5, 5.41) is 11.5. The number of Topliss-reactive ketones (excluding diaryl/α,β-unsaturated/α-hetero) is 1. The Labute approximate surface area is 182 Å². The van der Waals surface area contributed by atoms with Gasteiger partial charge in [-0.15, -0.1) is 5.10 Å². The van der Waals surface area contributed by atoms with Gasteiger partial charge >= 0.3 is 0 Å². The molecule has 0 fully saturated rings. The van der Waals surface area contributed by atoms with Crippen molar-refractivity contribution in [3.63, 3.8) is 0 Å². The van der Waals surface area contributed by atoms with E-state index in [9.17, 15) is 9.59 Å². The highest BCUT2D eigenvalue weighted by Crippen LogP contribution is 2.27. The zero-order chi connectivity index (χ0) is 22.0. The van der Waals surface area contributed by atoms with E-state index in [-0.39, 0.29) is 17.1 Å². The summed E-state index contributed by atoms with van der Waals surface area (Å²) < 4.78 is 12.0. The maximum absolute atomic E-state index is 12.8. The van der Waals surface area contributed by atoms with Crippen molar-refractivity contribution in [1.82, 2.24) is 19.8 Å². The Morgan fingerprint density at radius 1 is 1.10 bits per heavy atom. The summed E-state index contributed by atoms with van der Waals surface area (Å²) >= 11 is 1.18. The summed E-state index contributed by atoms with van der Waals surface area (Å²) in [5.41, 5.74) is 3.10. The zero-order valence-corrected chi connectivity index (χ0v) is 18.0. The second-order valence-electron chi connectivity index (χ2n) is 6.81. The van der Waals surface area contributed by atoms with Crippen molar-refractivity contribution in [2.45, 2.75) is 12.1 Å². The van der Waals surface area contributed by atoms with E-state index in [0.717, 1.165) is 11.1 Å². The second-order valence-corrected chi connectivity index (χ2v) is 7.75. The van der Waals surface area contributed by atoms with E-state index in [1.807, 2.05) is 31.2 Å². The number of hydrogen-bond donors (Lipinski definition) is 1. The number of aryl methyl sites for hydroxylation is 1. The maximum atomic E-state index is 12.8. The lowest BCUT2D eigenvalue weighted by atomic mass is 10.1. The summed E-state index contributed by atoms with van der Waals surface area (Å²) in [4.78, 5) is 25.1. The fourth-order valence-electron chi connectivity index (χ4n) is 3.09. The fraction of sp³-hybridized carbons (Fsp3) is 0.182. The lowest BCUT2D eigenvalue weighted by molar-refractivity contribution is 0.101. The summed E-state index contributed by atoms with van der Waals surface area (Å²) in [6, 6.07) is 14.6. The number of ether oxygens (including phenoxy) is 2. The number of carbonyl (C=O) groups excluding carboxylic acids is 1. The van der Waals surface area contributed by atoms with Crippen LogP contribution in [-0.4, -0.2) is 45.6 Å². The Morgan fingerprint density at radius 2 is 1.87 bits per heavy atom. The van der Waals surface area contributed by atoms with Crippen LogP contribution in [0, 0.1) is 6.92 Å². The number of rotatable bonds is 7. The van der Waals surface area contributed by atoms with Crippen LogP contribution in [0.2, 0.25) is 0 Å². The van der Waals surface area contributed by atoms with Crippen molar-refractivity contribution in [2.75, 3.05) is 20.0 Å². The predicted molar refractivity (Wildman–Crippen MR) is 118 cm³/mol. The summed E-state index contributed by atoms with van der Waals surface area (Å²) in [5.74, 6) is 0.949. The van der Waals surface area contributed by atoms with Crippen LogP contribution < -0.4 is 15.0 Å². The molecule has 9 heteroatoms. The molecule has 4 rings (SSSR count). The minimum atomic E-state index is -0.351. The van der Waals surface area contributed by atoms with Gasteiger partial charge in [-0.05, 0) is 31.2 Å².